The highest BCUT2D eigenvalue weighted by atomic mass is 35.5. The van der Waals surface area contributed by atoms with Crippen LogP contribution in [-0.4, -0.2) is 15.8 Å². The van der Waals surface area contributed by atoms with E-state index in [0.717, 1.165) is 29.4 Å². The van der Waals surface area contributed by atoms with Crippen LogP contribution in [0.5, 0.6) is 0 Å². The summed E-state index contributed by atoms with van der Waals surface area (Å²) in [5.74, 6) is 0. The van der Waals surface area contributed by atoms with E-state index in [2.05, 4.69) is 31.2 Å². The predicted molar refractivity (Wildman–Crippen MR) is 68.8 cm³/mol. The summed E-state index contributed by atoms with van der Waals surface area (Å²) in [6.07, 6.45) is 3.28. The van der Waals surface area contributed by atoms with Crippen molar-refractivity contribution in [3.63, 3.8) is 0 Å². The molecular weight excluding hydrogens is 222 g/mol. The normalized spacial score (nSPS) is 13.1. The van der Waals surface area contributed by atoms with Crippen LogP contribution < -0.4 is 5.32 Å². The van der Waals surface area contributed by atoms with Crippen molar-refractivity contribution in [3.05, 3.63) is 16.4 Å². The molecule has 1 heterocycles. The molecule has 1 N–H and O–H groups in total. The molecule has 0 spiro atoms. The third kappa shape index (κ3) is 3.22. The number of nitrogens with one attached hydrogen (secondary N) is 1. The molecule has 92 valence electrons. The monoisotopic (exact) mass is 243 g/mol. The summed E-state index contributed by atoms with van der Waals surface area (Å²) in [5, 5.41) is 8.69. The molecule has 16 heavy (non-hydrogen) atoms. The Kier molecular flexibility index (Phi) is 5.29. The third-order valence-corrected chi connectivity index (χ3v) is 3.28. The smallest absolute Gasteiger partial charge is 0.0863 e. The van der Waals surface area contributed by atoms with E-state index < -0.39 is 0 Å². The number of aromatic nitrogens is 2. The van der Waals surface area contributed by atoms with Crippen molar-refractivity contribution in [1.29, 1.82) is 0 Å². The molecule has 0 saturated carbocycles. The molecule has 0 saturated heterocycles. The third-order valence-electron chi connectivity index (χ3n) is 2.84. The Morgan fingerprint density at radius 3 is 2.62 bits per heavy atom. The molecule has 3 nitrogen and oxygen atoms in total. The largest absolute Gasteiger partial charge is 0.309 e. The van der Waals surface area contributed by atoms with Crippen molar-refractivity contribution in [2.75, 3.05) is 0 Å². The highest BCUT2D eigenvalue weighted by Gasteiger charge is 2.13. The molecule has 0 aliphatic carbocycles. The van der Waals surface area contributed by atoms with E-state index in [4.69, 9.17) is 11.6 Å². The van der Waals surface area contributed by atoms with Crippen LogP contribution in [0.25, 0.3) is 0 Å². The van der Waals surface area contributed by atoms with Crippen molar-refractivity contribution in [3.8, 4) is 0 Å². The first-order valence-corrected chi connectivity index (χ1v) is 6.41. The summed E-state index contributed by atoms with van der Waals surface area (Å²) < 4.78 is 1.88. The molecule has 1 aromatic heterocycles. The predicted octanol–water partition coefficient (Wildman–Crippen LogP) is 2.91. The van der Waals surface area contributed by atoms with Gasteiger partial charge in [0, 0.05) is 19.6 Å². The number of hydrogen-bond acceptors (Lipinski definition) is 2. The minimum absolute atomic E-state index is 0.529. The van der Waals surface area contributed by atoms with Crippen molar-refractivity contribution < 1.29 is 0 Å². The quantitative estimate of drug-likeness (QED) is 0.833. The highest BCUT2D eigenvalue weighted by Crippen LogP contribution is 2.20. The van der Waals surface area contributed by atoms with E-state index >= 15 is 0 Å². The van der Waals surface area contributed by atoms with Gasteiger partial charge in [0.15, 0.2) is 0 Å². The summed E-state index contributed by atoms with van der Waals surface area (Å²) >= 11 is 6.27. The van der Waals surface area contributed by atoms with Gasteiger partial charge >= 0.3 is 0 Å². The first-order valence-electron chi connectivity index (χ1n) is 6.03. The van der Waals surface area contributed by atoms with Gasteiger partial charge in [-0.1, -0.05) is 31.9 Å². The van der Waals surface area contributed by atoms with Gasteiger partial charge in [0.05, 0.1) is 16.4 Å². The SMILES string of the molecule is CCCC(C)NCc1c(Cl)c(CC)nn1C. The van der Waals surface area contributed by atoms with Crippen molar-refractivity contribution in [2.24, 2.45) is 7.05 Å². The van der Waals surface area contributed by atoms with E-state index in [-0.39, 0.29) is 0 Å². The zero-order chi connectivity index (χ0) is 12.1. The second-order valence-electron chi connectivity index (χ2n) is 4.26. The molecule has 0 amide bonds. The summed E-state index contributed by atoms with van der Waals surface area (Å²) in [4.78, 5) is 0. The van der Waals surface area contributed by atoms with Crippen LogP contribution in [0.2, 0.25) is 5.02 Å². The lowest BCUT2D eigenvalue weighted by Crippen LogP contribution is -2.26. The van der Waals surface area contributed by atoms with Gasteiger partial charge in [0.2, 0.25) is 0 Å². The van der Waals surface area contributed by atoms with Gasteiger partial charge in [-0.2, -0.15) is 5.10 Å². The molecule has 0 aromatic carbocycles. The van der Waals surface area contributed by atoms with Crippen LogP contribution in [0.3, 0.4) is 0 Å². The molecule has 0 aliphatic heterocycles. The Morgan fingerprint density at radius 1 is 1.44 bits per heavy atom. The van der Waals surface area contributed by atoms with E-state index in [1.54, 1.807) is 0 Å². The molecule has 4 heteroatoms. The van der Waals surface area contributed by atoms with Crippen molar-refractivity contribution in [1.82, 2.24) is 15.1 Å². The van der Waals surface area contributed by atoms with Gasteiger partial charge < -0.3 is 5.32 Å². The lowest BCUT2D eigenvalue weighted by molar-refractivity contribution is 0.495. The van der Waals surface area contributed by atoms with Gasteiger partial charge in [-0.3, -0.25) is 4.68 Å². The number of hydrogen-bond donors (Lipinski definition) is 1. The van der Waals surface area contributed by atoms with Crippen molar-refractivity contribution >= 4 is 11.6 Å². The Balaban J connectivity index is 2.63. The molecule has 1 unspecified atom stereocenters. The molecule has 1 atom stereocenters. The average molecular weight is 244 g/mol. The number of rotatable bonds is 6. The van der Waals surface area contributed by atoms with Crippen LogP contribution in [-0.2, 0) is 20.0 Å². The zero-order valence-corrected chi connectivity index (χ0v) is 11.4. The fourth-order valence-electron chi connectivity index (χ4n) is 1.82. The first-order chi connectivity index (χ1) is 7.60. The molecule has 0 radical (unpaired) electrons. The minimum Gasteiger partial charge on any atom is -0.309 e. The summed E-state index contributed by atoms with van der Waals surface area (Å²) in [6.45, 7) is 7.27. The first kappa shape index (κ1) is 13.5. The second kappa shape index (κ2) is 6.26. The lowest BCUT2D eigenvalue weighted by atomic mass is 10.2. The van der Waals surface area contributed by atoms with Gasteiger partial charge in [0.1, 0.15) is 0 Å². The number of aryl methyl sites for hydroxylation is 2. The Hall–Kier alpha value is -0.540. The number of nitrogens with zero attached hydrogens (tertiary/aromatic N) is 2. The van der Waals surface area contributed by atoms with Gasteiger partial charge in [-0.15, -0.1) is 0 Å². The summed E-state index contributed by atoms with van der Waals surface area (Å²) in [6, 6.07) is 0.529. The Morgan fingerprint density at radius 2 is 2.12 bits per heavy atom. The minimum atomic E-state index is 0.529. The summed E-state index contributed by atoms with van der Waals surface area (Å²) in [7, 11) is 1.95. The molecule has 1 aromatic rings. The second-order valence-corrected chi connectivity index (χ2v) is 4.63. The van der Waals surface area contributed by atoms with E-state index in [1.165, 1.54) is 12.8 Å². The Bertz CT molecular complexity index is 333. The zero-order valence-electron chi connectivity index (χ0n) is 10.7. The maximum absolute atomic E-state index is 6.27. The van der Waals surface area contributed by atoms with Crippen LogP contribution in [0.1, 0.15) is 45.0 Å². The lowest BCUT2D eigenvalue weighted by Gasteiger charge is -2.12. The van der Waals surface area contributed by atoms with Gasteiger partial charge in [-0.25, -0.2) is 0 Å². The maximum atomic E-state index is 6.27. The van der Waals surface area contributed by atoms with Crippen LogP contribution in [0.15, 0.2) is 0 Å². The summed E-state index contributed by atoms with van der Waals surface area (Å²) in [5.41, 5.74) is 2.07. The molecule has 0 fully saturated rings. The average Bonchev–Trinajstić information content (AvgIpc) is 2.52. The number of halogens is 1. The maximum Gasteiger partial charge on any atom is 0.0863 e. The fourth-order valence-corrected chi connectivity index (χ4v) is 2.18. The van der Waals surface area contributed by atoms with E-state index in [9.17, 15) is 0 Å². The van der Waals surface area contributed by atoms with Crippen LogP contribution >= 0.6 is 11.6 Å². The molecule has 1 rings (SSSR count). The standard InChI is InChI=1S/C12H22ClN3/c1-5-7-9(3)14-8-11-12(13)10(6-2)15-16(11)4/h9,14H,5-8H2,1-4H3. The molecule has 0 aliphatic rings. The van der Waals surface area contributed by atoms with E-state index in [0.29, 0.717) is 6.04 Å². The topological polar surface area (TPSA) is 29.9 Å². The Labute approximate surface area is 103 Å². The van der Waals surface area contributed by atoms with Gasteiger partial charge in [0.25, 0.3) is 0 Å². The molecule has 0 bridgehead atoms. The van der Waals surface area contributed by atoms with Gasteiger partial charge in [-0.05, 0) is 19.8 Å². The van der Waals surface area contributed by atoms with Crippen molar-refractivity contribution in [2.45, 2.75) is 52.6 Å². The fraction of sp³-hybridized carbons (Fsp3) is 0.750. The van der Waals surface area contributed by atoms with Crippen LogP contribution in [0.4, 0.5) is 0 Å². The molecular formula is C12H22ClN3. The highest BCUT2D eigenvalue weighted by molar-refractivity contribution is 6.31. The van der Waals surface area contributed by atoms with Crippen LogP contribution in [0, 0.1) is 0 Å². The van der Waals surface area contributed by atoms with E-state index in [1.807, 2.05) is 11.7 Å².